The first-order valence-electron chi connectivity index (χ1n) is 9.62. The van der Waals surface area contributed by atoms with Crippen molar-refractivity contribution in [3.63, 3.8) is 0 Å². The predicted molar refractivity (Wildman–Crippen MR) is 110 cm³/mol. The fraction of sp³-hybridized carbons (Fsp3) is 0.409. The van der Waals surface area contributed by atoms with Crippen molar-refractivity contribution in [3.05, 3.63) is 53.5 Å². The minimum absolute atomic E-state index is 0.352. The Morgan fingerprint density at radius 1 is 1.28 bits per heavy atom. The van der Waals surface area contributed by atoms with E-state index in [4.69, 9.17) is 19.2 Å². The lowest BCUT2D eigenvalue weighted by Gasteiger charge is -2.19. The van der Waals surface area contributed by atoms with Crippen LogP contribution in [0, 0.1) is 0 Å². The number of ether oxygens (including phenoxy) is 3. The molecule has 0 aliphatic carbocycles. The van der Waals surface area contributed by atoms with Gasteiger partial charge in [0.2, 0.25) is 0 Å². The maximum atomic E-state index is 11.9. The van der Waals surface area contributed by atoms with Crippen LogP contribution in [-0.4, -0.2) is 28.3 Å². The Morgan fingerprint density at radius 3 is 2.79 bits per heavy atom. The van der Waals surface area contributed by atoms with Crippen molar-refractivity contribution >= 4 is 11.9 Å². The van der Waals surface area contributed by atoms with Gasteiger partial charge in [-0.1, -0.05) is 24.8 Å². The quantitative estimate of drug-likeness (QED) is 0.736. The summed E-state index contributed by atoms with van der Waals surface area (Å²) in [5, 5.41) is 2.78. The van der Waals surface area contributed by atoms with Crippen molar-refractivity contribution in [2.24, 2.45) is 0 Å². The van der Waals surface area contributed by atoms with E-state index in [2.05, 4.69) is 16.9 Å². The van der Waals surface area contributed by atoms with E-state index in [-0.39, 0.29) is 0 Å². The van der Waals surface area contributed by atoms with Crippen molar-refractivity contribution < 1.29 is 19.0 Å². The van der Waals surface area contributed by atoms with E-state index in [1.165, 1.54) is 0 Å². The van der Waals surface area contributed by atoms with Crippen LogP contribution >= 0.6 is 0 Å². The molecule has 1 aliphatic heterocycles. The Bertz CT molecular complexity index is 919. The SMILES string of the molecule is C=C(OCC)c1nc2c(c(-c3cccc(CNC(=O)OC(C)(C)C)c3)n1)COC2. The van der Waals surface area contributed by atoms with Gasteiger partial charge in [-0.05, 0) is 39.3 Å². The molecule has 7 nitrogen and oxygen atoms in total. The van der Waals surface area contributed by atoms with E-state index in [1.54, 1.807) is 0 Å². The van der Waals surface area contributed by atoms with E-state index in [1.807, 2.05) is 52.0 Å². The third-order valence-electron chi connectivity index (χ3n) is 4.18. The second-order valence-electron chi connectivity index (χ2n) is 7.73. The van der Waals surface area contributed by atoms with Crippen LogP contribution in [-0.2, 0) is 34.0 Å². The third kappa shape index (κ3) is 5.32. The summed E-state index contributed by atoms with van der Waals surface area (Å²) < 4.78 is 16.4. The van der Waals surface area contributed by atoms with E-state index >= 15 is 0 Å². The highest BCUT2D eigenvalue weighted by molar-refractivity contribution is 5.69. The normalized spacial score (nSPS) is 13.0. The molecule has 7 heteroatoms. The first-order chi connectivity index (χ1) is 13.8. The zero-order valence-corrected chi connectivity index (χ0v) is 17.4. The molecule has 1 N–H and O–H groups in total. The molecule has 0 bridgehead atoms. The monoisotopic (exact) mass is 397 g/mol. The fourth-order valence-corrected chi connectivity index (χ4v) is 2.97. The fourth-order valence-electron chi connectivity index (χ4n) is 2.97. The Balaban J connectivity index is 1.85. The average Bonchev–Trinajstić information content (AvgIpc) is 3.13. The van der Waals surface area contributed by atoms with Gasteiger partial charge in [0.15, 0.2) is 11.6 Å². The van der Waals surface area contributed by atoms with Gasteiger partial charge in [0.1, 0.15) is 5.60 Å². The second-order valence-corrected chi connectivity index (χ2v) is 7.73. The molecule has 1 aromatic heterocycles. The number of alkyl carbamates (subject to hydrolysis) is 1. The van der Waals surface area contributed by atoms with Crippen LogP contribution in [0.25, 0.3) is 17.0 Å². The molecule has 1 amide bonds. The van der Waals surface area contributed by atoms with E-state index < -0.39 is 11.7 Å². The van der Waals surface area contributed by atoms with Gasteiger partial charge in [-0.25, -0.2) is 14.8 Å². The van der Waals surface area contributed by atoms with Gasteiger partial charge in [0.25, 0.3) is 0 Å². The molecule has 1 aromatic carbocycles. The number of carbonyl (C=O) groups excluding carboxylic acids is 1. The van der Waals surface area contributed by atoms with Gasteiger partial charge >= 0.3 is 6.09 Å². The summed E-state index contributed by atoms with van der Waals surface area (Å²) in [4.78, 5) is 21.2. The first-order valence-corrected chi connectivity index (χ1v) is 9.62. The van der Waals surface area contributed by atoms with Crippen LogP contribution in [0.15, 0.2) is 30.8 Å². The highest BCUT2D eigenvalue weighted by Crippen LogP contribution is 2.30. The van der Waals surface area contributed by atoms with Crippen LogP contribution in [0.5, 0.6) is 0 Å². The molecule has 0 atom stereocenters. The molecule has 0 saturated carbocycles. The smallest absolute Gasteiger partial charge is 0.407 e. The Hall–Kier alpha value is -2.93. The van der Waals surface area contributed by atoms with Crippen molar-refractivity contribution in [1.29, 1.82) is 0 Å². The third-order valence-corrected chi connectivity index (χ3v) is 4.18. The molecule has 154 valence electrons. The lowest BCUT2D eigenvalue weighted by atomic mass is 10.0. The van der Waals surface area contributed by atoms with E-state index in [9.17, 15) is 4.79 Å². The average molecular weight is 397 g/mol. The maximum Gasteiger partial charge on any atom is 0.407 e. The number of fused-ring (bicyclic) bond motifs is 1. The van der Waals surface area contributed by atoms with Crippen molar-refractivity contribution in [3.8, 4) is 11.3 Å². The molecule has 0 unspecified atom stereocenters. The van der Waals surface area contributed by atoms with Crippen molar-refractivity contribution in [1.82, 2.24) is 15.3 Å². The number of amides is 1. The summed E-state index contributed by atoms with van der Waals surface area (Å²) >= 11 is 0. The van der Waals surface area contributed by atoms with Gasteiger partial charge in [-0.15, -0.1) is 0 Å². The molecule has 1 aliphatic rings. The van der Waals surface area contributed by atoms with Gasteiger partial charge in [0.05, 0.1) is 31.2 Å². The van der Waals surface area contributed by atoms with Gasteiger partial charge in [-0.2, -0.15) is 0 Å². The van der Waals surface area contributed by atoms with Crippen LogP contribution in [0.3, 0.4) is 0 Å². The van der Waals surface area contributed by atoms with Gasteiger partial charge < -0.3 is 19.5 Å². The van der Waals surface area contributed by atoms with Crippen LogP contribution < -0.4 is 5.32 Å². The highest BCUT2D eigenvalue weighted by atomic mass is 16.6. The lowest BCUT2D eigenvalue weighted by Crippen LogP contribution is -2.32. The summed E-state index contributed by atoms with van der Waals surface area (Å²) in [5.41, 5.74) is 3.93. The molecule has 2 aromatic rings. The lowest BCUT2D eigenvalue weighted by molar-refractivity contribution is 0.0523. The van der Waals surface area contributed by atoms with Crippen LogP contribution in [0.4, 0.5) is 4.79 Å². The summed E-state index contributed by atoms with van der Waals surface area (Å²) in [7, 11) is 0. The molecule has 29 heavy (non-hydrogen) atoms. The summed E-state index contributed by atoms with van der Waals surface area (Å²) in [5.74, 6) is 0.898. The Kier molecular flexibility index (Phi) is 6.17. The predicted octanol–water partition coefficient (Wildman–Crippen LogP) is 4.21. The number of benzene rings is 1. The number of nitrogens with one attached hydrogen (secondary N) is 1. The topological polar surface area (TPSA) is 82.6 Å². The molecule has 0 fully saturated rings. The summed E-state index contributed by atoms with van der Waals surface area (Å²) in [6.07, 6.45) is -0.450. The zero-order valence-electron chi connectivity index (χ0n) is 17.4. The number of carbonyl (C=O) groups is 1. The number of hydrogen-bond donors (Lipinski definition) is 1. The molecular formula is C22H27N3O4. The Labute approximate surface area is 171 Å². The van der Waals surface area contributed by atoms with Crippen LogP contribution in [0.1, 0.15) is 50.3 Å². The summed E-state index contributed by atoms with van der Waals surface area (Å²) in [6.45, 7) is 13.1. The molecule has 3 rings (SSSR count). The molecule has 0 saturated heterocycles. The van der Waals surface area contributed by atoms with E-state index in [0.29, 0.717) is 37.9 Å². The molecular weight excluding hydrogens is 370 g/mol. The van der Waals surface area contributed by atoms with Crippen molar-refractivity contribution in [2.45, 2.75) is 53.1 Å². The molecule has 0 spiro atoms. The maximum absolute atomic E-state index is 11.9. The first kappa shape index (κ1) is 20.8. The number of nitrogens with zero attached hydrogens (tertiary/aromatic N) is 2. The minimum atomic E-state index is -0.535. The Morgan fingerprint density at radius 2 is 2.07 bits per heavy atom. The number of hydrogen-bond acceptors (Lipinski definition) is 6. The second kappa shape index (κ2) is 8.61. The zero-order chi connectivity index (χ0) is 21.0. The largest absolute Gasteiger partial charge is 0.491 e. The van der Waals surface area contributed by atoms with E-state index in [0.717, 1.165) is 28.1 Å². The summed E-state index contributed by atoms with van der Waals surface area (Å²) in [6, 6.07) is 7.85. The van der Waals surface area contributed by atoms with Crippen molar-refractivity contribution in [2.75, 3.05) is 6.61 Å². The minimum Gasteiger partial charge on any atom is -0.491 e. The molecule has 0 radical (unpaired) electrons. The standard InChI is InChI=1S/C22H27N3O4/c1-6-28-14(2)20-24-18-13-27-12-17(18)19(25-20)16-9-7-8-15(10-16)11-23-21(26)29-22(3,4)5/h7-10H,2,6,11-13H2,1,3-5H3,(H,23,26). The number of aromatic nitrogens is 2. The van der Waals surface area contributed by atoms with Crippen LogP contribution in [0.2, 0.25) is 0 Å². The number of rotatable bonds is 6. The molecule has 2 heterocycles. The van der Waals surface area contributed by atoms with Gasteiger partial charge in [-0.3, -0.25) is 0 Å². The van der Waals surface area contributed by atoms with Gasteiger partial charge in [0, 0.05) is 17.7 Å². The highest BCUT2D eigenvalue weighted by Gasteiger charge is 2.22.